The summed E-state index contributed by atoms with van der Waals surface area (Å²) in [5, 5.41) is 9.12. The first-order valence-corrected chi connectivity index (χ1v) is 7.70. The lowest BCUT2D eigenvalue weighted by molar-refractivity contribution is 0.304. The van der Waals surface area contributed by atoms with Crippen molar-refractivity contribution in [1.82, 2.24) is 0 Å². The first-order valence-electron chi connectivity index (χ1n) is 7.70. The predicted molar refractivity (Wildman–Crippen MR) is 93.2 cm³/mol. The van der Waals surface area contributed by atoms with Crippen LogP contribution in [0.1, 0.15) is 16.7 Å². The highest BCUT2D eigenvalue weighted by molar-refractivity contribution is 5.39. The summed E-state index contributed by atoms with van der Waals surface area (Å²) in [5.74, 6) is 2.20. The quantitative estimate of drug-likeness (QED) is 0.646. The van der Waals surface area contributed by atoms with Crippen LogP contribution in [0.2, 0.25) is 0 Å². The minimum atomic E-state index is 0.345. The molecule has 0 N–H and O–H groups in total. The molecule has 0 fully saturated rings. The molecule has 3 rings (SSSR count). The third-order valence-corrected chi connectivity index (χ3v) is 3.59. The van der Waals surface area contributed by atoms with E-state index < -0.39 is 0 Å². The van der Waals surface area contributed by atoms with Crippen molar-refractivity contribution in [3.63, 3.8) is 0 Å². The van der Waals surface area contributed by atoms with Crippen LogP contribution in [0.15, 0.2) is 72.8 Å². The van der Waals surface area contributed by atoms with Gasteiger partial charge in [0, 0.05) is 11.6 Å². The fourth-order valence-corrected chi connectivity index (χ4v) is 2.29. The monoisotopic (exact) mass is 315 g/mol. The van der Waals surface area contributed by atoms with Gasteiger partial charge in [0.15, 0.2) is 0 Å². The van der Waals surface area contributed by atoms with Crippen molar-refractivity contribution in [3.05, 3.63) is 89.5 Å². The molecule has 0 radical (unpaired) electrons. The molecule has 0 aliphatic carbocycles. The Balaban J connectivity index is 1.69. The van der Waals surface area contributed by atoms with Gasteiger partial charge in [0.1, 0.15) is 23.9 Å². The van der Waals surface area contributed by atoms with Crippen LogP contribution in [0.5, 0.6) is 17.2 Å². The molecule has 3 aromatic carbocycles. The Labute approximate surface area is 141 Å². The number of nitrogens with zero attached hydrogens (tertiary/aromatic N) is 1. The molecule has 0 saturated heterocycles. The number of benzene rings is 3. The summed E-state index contributed by atoms with van der Waals surface area (Å²) in [5.41, 5.74) is 2.69. The van der Waals surface area contributed by atoms with Gasteiger partial charge in [-0.05, 0) is 37.3 Å². The second kappa shape index (κ2) is 7.34. The number of hydrogen-bond donors (Lipinski definition) is 0. The summed E-state index contributed by atoms with van der Waals surface area (Å²) in [6, 6.07) is 25.0. The number of hydrogen-bond acceptors (Lipinski definition) is 3. The van der Waals surface area contributed by atoms with Crippen LogP contribution in [0.25, 0.3) is 0 Å². The average Bonchev–Trinajstić information content (AvgIpc) is 2.62. The number of nitriles is 1. The first kappa shape index (κ1) is 15.6. The topological polar surface area (TPSA) is 42.2 Å². The number of rotatable bonds is 5. The maximum atomic E-state index is 9.12. The minimum Gasteiger partial charge on any atom is -0.489 e. The van der Waals surface area contributed by atoms with Gasteiger partial charge in [-0.15, -0.1) is 0 Å². The molecule has 0 aliphatic rings. The highest BCUT2D eigenvalue weighted by Gasteiger charge is 2.04. The van der Waals surface area contributed by atoms with E-state index in [-0.39, 0.29) is 0 Å². The van der Waals surface area contributed by atoms with Gasteiger partial charge in [0.05, 0.1) is 11.6 Å². The van der Waals surface area contributed by atoms with Crippen molar-refractivity contribution in [3.8, 4) is 23.3 Å². The number of ether oxygens (including phenoxy) is 2. The molecule has 3 aromatic rings. The van der Waals surface area contributed by atoms with Crippen LogP contribution in [-0.2, 0) is 6.61 Å². The Hall–Kier alpha value is -3.25. The molecule has 0 heterocycles. The van der Waals surface area contributed by atoms with E-state index in [4.69, 9.17) is 14.7 Å². The van der Waals surface area contributed by atoms with Gasteiger partial charge >= 0.3 is 0 Å². The summed E-state index contributed by atoms with van der Waals surface area (Å²) < 4.78 is 11.6. The second-order valence-electron chi connectivity index (χ2n) is 5.45. The summed E-state index contributed by atoms with van der Waals surface area (Å²) >= 11 is 0. The molecule has 118 valence electrons. The molecule has 0 spiro atoms. The van der Waals surface area contributed by atoms with Gasteiger partial charge < -0.3 is 9.47 Å². The molecule has 0 saturated carbocycles. The predicted octanol–water partition coefficient (Wildman–Crippen LogP) is 5.24. The van der Waals surface area contributed by atoms with Crippen molar-refractivity contribution in [2.75, 3.05) is 0 Å². The standard InChI is InChI=1S/C21H17NO2/c1-16-9-11-19(12-10-16)24-21-8-4-7-20(13-21)23-15-18-6-3-2-5-17(18)14-22/h2-13H,15H2,1H3. The molecule has 24 heavy (non-hydrogen) atoms. The van der Waals surface area contributed by atoms with E-state index in [1.807, 2.05) is 73.7 Å². The third-order valence-electron chi connectivity index (χ3n) is 3.59. The molecule has 0 aromatic heterocycles. The maximum Gasteiger partial charge on any atom is 0.131 e. The summed E-state index contributed by atoms with van der Waals surface area (Å²) in [6.07, 6.45) is 0. The lowest BCUT2D eigenvalue weighted by Crippen LogP contribution is -1.98. The van der Waals surface area contributed by atoms with E-state index in [1.54, 1.807) is 6.07 Å². The Bertz CT molecular complexity index is 864. The Morgan fingerprint density at radius 3 is 2.38 bits per heavy atom. The molecule has 3 heteroatoms. The summed E-state index contributed by atoms with van der Waals surface area (Å²) in [4.78, 5) is 0. The Kier molecular flexibility index (Phi) is 4.78. The van der Waals surface area contributed by atoms with E-state index in [9.17, 15) is 0 Å². The van der Waals surface area contributed by atoms with Crippen LogP contribution in [-0.4, -0.2) is 0 Å². The average molecular weight is 315 g/mol. The molecule has 3 nitrogen and oxygen atoms in total. The smallest absolute Gasteiger partial charge is 0.131 e. The highest BCUT2D eigenvalue weighted by atomic mass is 16.5. The fourth-order valence-electron chi connectivity index (χ4n) is 2.29. The second-order valence-corrected chi connectivity index (χ2v) is 5.45. The minimum absolute atomic E-state index is 0.345. The number of aryl methyl sites for hydroxylation is 1. The molecule has 0 unspecified atom stereocenters. The van der Waals surface area contributed by atoms with Crippen LogP contribution in [0.4, 0.5) is 0 Å². The molecule has 0 aliphatic heterocycles. The Morgan fingerprint density at radius 1 is 0.833 bits per heavy atom. The van der Waals surface area contributed by atoms with Crippen molar-refractivity contribution < 1.29 is 9.47 Å². The third kappa shape index (κ3) is 3.93. The van der Waals surface area contributed by atoms with E-state index in [0.717, 1.165) is 11.3 Å². The molecular weight excluding hydrogens is 298 g/mol. The van der Waals surface area contributed by atoms with Crippen molar-refractivity contribution in [2.24, 2.45) is 0 Å². The zero-order chi connectivity index (χ0) is 16.8. The Morgan fingerprint density at radius 2 is 1.58 bits per heavy atom. The van der Waals surface area contributed by atoms with Gasteiger partial charge in [0.25, 0.3) is 0 Å². The summed E-state index contributed by atoms with van der Waals surface area (Å²) in [7, 11) is 0. The largest absolute Gasteiger partial charge is 0.489 e. The van der Waals surface area contributed by atoms with E-state index >= 15 is 0 Å². The zero-order valence-corrected chi connectivity index (χ0v) is 13.4. The van der Waals surface area contributed by atoms with Gasteiger partial charge in [-0.3, -0.25) is 0 Å². The van der Waals surface area contributed by atoms with Gasteiger partial charge in [-0.2, -0.15) is 5.26 Å². The fraction of sp³-hybridized carbons (Fsp3) is 0.0952. The van der Waals surface area contributed by atoms with Crippen LogP contribution in [0.3, 0.4) is 0 Å². The van der Waals surface area contributed by atoms with Crippen LogP contribution in [0, 0.1) is 18.3 Å². The molecule has 0 bridgehead atoms. The normalized spacial score (nSPS) is 10.0. The SMILES string of the molecule is Cc1ccc(Oc2cccc(OCc3ccccc3C#N)c2)cc1. The van der Waals surface area contributed by atoms with E-state index in [1.165, 1.54) is 5.56 Å². The van der Waals surface area contributed by atoms with Gasteiger partial charge in [-0.1, -0.05) is 42.0 Å². The highest BCUT2D eigenvalue weighted by Crippen LogP contribution is 2.26. The summed E-state index contributed by atoms with van der Waals surface area (Å²) in [6.45, 7) is 2.38. The van der Waals surface area contributed by atoms with Crippen LogP contribution < -0.4 is 9.47 Å². The first-order chi connectivity index (χ1) is 11.7. The van der Waals surface area contributed by atoms with Crippen LogP contribution >= 0.6 is 0 Å². The van der Waals surface area contributed by atoms with E-state index in [0.29, 0.717) is 23.7 Å². The maximum absolute atomic E-state index is 9.12. The van der Waals surface area contributed by atoms with Crippen molar-refractivity contribution in [2.45, 2.75) is 13.5 Å². The molecule has 0 amide bonds. The van der Waals surface area contributed by atoms with Gasteiger partial charge in [-0.25, -0.2) is 0 Å². The zero-order valence-electron chi connectivity index (χ0n) is 13.4. The lowest BCUT2D eigenvalue weighted by atomic mass is 10.1. The molecule has 0 atom stereocenters. The van der Waals surface area contributed by atoms with Gasteiger partial charge in [0.2, 0.25) is 0 Å². The van der Waals surface area contributed by atoms with Crippen molar-refractivity contribution in [1.29, 1.82) is 5.26 Å². The molecular formula is C21H17NO2. The van der Waals surface area contributed by atoms with E-state index in [2.05, 4.69) is 6.07 Å². The van der Waals surface area contributed by atoms with Crippen molar-refractivity contribution >= 4 is 0 Å². The lowest BCUT2D eigenvalue weighted by Gasteiger charge is -2.10.